The van der Waals surface area contributed by atoms with Crippen LogP contribution in [-0.2, 0) is 19.4 Å². The monoisotopic (exact) mass is 447 g/mol. The molecule has 6 nitrogen and oxygen atoms in total. The van der Waals surface area contributed by atoms with Crippen molar-refractivity contribution in [1.29, 1.82) is 0 Å². The molecule has 0 spiro atoms. The molecule has 0 fully saturated rings. The van der Waals surface area contributed by atoms with Crippen LogP contribution in [0.5, 0.6) is 23.0 Å². The first-order chi connectivity index (χ1) is 16.1. The number of methoxy groups -OCH3 is 2. The maximum absolute atomic E-state index is 13.5. The second kappa shape index (κ2) is 10.3. The number of carbonyl (C=O) groups is 1. The summed E-state index contributed by atoms with van der Waals surface area (Å²) >= 11 is 0. The maximum Gasteiger partial charge on any atom is 0.254 e. The Balaban J connectivity index is 1.55. The highest BCUT2D eigenvalue weighted by molar-refractivity contribution is 5.94. The molecule has 6 heteroatoms. The molecule has 0 atom stereocenters. The molecule has 0 radical (unpaired) electrons. The van der Waals surface area contributed by atoms with Crippen molar-refractivity contribution >= 4 is 5.91 Å². The normalized spacial score (nSPS) is 11.8. The molecular weight excluding hydrogens is 418 g/mol. The molecule has 3 aromatic rings. The van der Waals surface area contributed by atoms with Gasteiger partial charge in [0.2, 0.25) is 6.79 Å². The van der Waals surface area contributed by atoms with E-state index >= 15 is 0 Å². The van der Waals surface area contributed by atoms with Gasteiger partial charge in [-0.05, 0) is 65.9 Å². The van der Waals surface area contributed by atoms with Crippen molar-refractivity contribution in [3.8, 4) is 23.0 Å². The van der Waals surface area contributed by atoms with Crippen molar-refractivity contribution in [1.82, 2.24) is 4.90 Å². The number of fused-ring (bicyclic) bond motifs is 1. The number of carbonyl (C=O) groups excluding carboxylic acids is 1. The van der Waals surface area contributed by atoms with Gasteiger partial charge >= 0.3 is 0 Å². The summed E-state index contributed by atoms with van der Waals surface area (Å²) in [5.74, 6) is 2.81. The summed E-state index contributed by atoms with van der Waals surface area (Å²) in [6, 6.07) is 19.5. The molecule has 1 aliphatic rings. The summed E-state index contributed by atoms with van der Waals surface area (Å²) in [6.07, 6.45) is 1.62. The van der Waals surface area contributed by atoms with Crippen LogP contribution in [0.1, 0.15) is 34.0 Å². The number of hydrogen-bond donors (Lipinski definition) is 0. The molecule has 1 aliphatic heterocycles. The summed E-state index contributed by atoms with van der Waals surface area (Å²) < 4.78 is 21.7. The smallest absolute Gasteiger partial charge is 0.254 e. The molecule has 0 unspecified atom stereocenters. The van der Waals surface area contributed by atoms with E-state index < -0.39 is 0 Å². The zero-order valence-corrected chi connectivity index (χ0v) is 19.3. The van der Waals surface area contributed by atoms with E-state index in [9.17, 15) is 4.79 Å². The molecule has 0 saturated heterocycles. The molecule has 1 heterocycles. The summed E-state index contributed by atoms with van der Waals surface area (Å²) in [6.45, 7) is 3.35. The Kier molecular flexibility index (Phi) is 7.03. The van der Waals surface area contributed by atoms with E-state index in [0.29, 0.717) is 42.3 Å². The molecule has 33 heavy (non-hydrogen) atoms. The van der Waals surface area contributed by atoms with E-state index in [0.717, 1.165) is 23.3 Å². The number of rotatable bonds is 9. The summed E-state index contributed by atoms with van der Waals surface area (Å²) in [5, 5.41) is 0. The lowest BCUT2D eigenvalue weighted by molar-refractivity contribution is 0.0745. The number of aryl methyl sites for hydroxylation is 1. The highest BCUT2D eigenvalue weighted by atomic mass is 16.7. The van der Waals surface area contributed by atoms with Gasteiger partial charge in [0.15, 0.2) is 23.0 Å². The van der Waals surface area contributed by atoms with Crippen molar-refractivity contribution in [2.45, 2.75) is 26.3 Å². The van der Waals surface area contributed by atoms with Gasteiger partial charge in [0.1, 0.15) is 0 Å². The molecule has 0 bridgehead atoms. The van der Waals surface area contributed by atoms with Crippen molar-refractivity contribution in [2.24, 2.45) is 0 Å². The minimum atomic E-state index is -0.00389. The summed E-state index contributed by atoms with van der Waals surface area (Å²) in [7, 11) is 3.24. The lowest BCUT2D eigenvalue weighted by atomic mass is 10.1. The lowest BCUT2D eigenvalue weighted by Gasteiger charge is -2.24. The number of hydrogen-bond acceptors (Lipinski definition) is 5. The third kappa shape index (κ3) is 5.22. The molecule has 0 aromatic heterocycles. The Morgan fingerprint density at radius 1 is 0.848 bits per heavy atom. The van der Waals surface area contributed by atoms with Crippen LogP contribution in [0.15, 0.2) is 60.7 Å². The fraction of sp³-hybridized carbons (Fsp3) is 0.296. The zero-order valence-electron chi connectivity index (χ0n) is 19.3. The number of nitrogens with zero attached hydrogens (tertiary/aromatic N) is 1. The molecule has 4 rings (SSSR count). The minimum absolute atomic E-state index is 0.00389. The van der Waals surface area contributed by atoms with E-state index in [2.05, 4.69) is 6.92 Å². The molecular formula is C27H29NO5. The predicted octanol–water partition coefficient (Wildman–Crippen LogP) is 4.88. The van der Waals surface area contributed by atoms with Crippen molar-refractivity contribution in [2.75, 3.05) is 27.6 Å². The SMILES string of the molecule is CCc1ccc(C(=O)N(CCc2ccc(OC)c(OC)c2)Cc2ccc3c(c2)OCO3)cc1. The van der Waals surface area contributed by atoms with Gasteiger partial charge in [-0.15, -0.1) is 0 Å². The number of ether oxygens (including phenoxy) is 4. The Hall–Kier alpha value is -3.67. The molecule has 172 valence electrons. The quantitative estimate of drug-likeness (QED) is 0.468. The van der Waals surface area contributed by atoms with E-state index in [4.69, 9.17) is 18.9 Å². The summed E-state index contributed by atoms with van der Waals surface area (Å²) in [4.78, 5) is 15.3. The van der Waals surface area contributed by atoms with Crippen LogP contribution in [0, 0.1) is 0 Å². The van der Waals surface area contributed by atoms with E-state index in [-0.39, 0.29) is 12.7 Å². The Morgan fingerprint density at radius 3 is 2.27 bits per heavy atom. The molecule has 1 amide bonds. The van der Waals surface area contributed by atoms with Gasteiger partial charge in [0.05, 0.1) is 14.2 Å². The first kappa shape index (κ1) is 22.5. The van der Waals surface area contributed by atoms with E-state index in [1.54, 1.807) is 14.2 Å². The first-order valence-electron chi connectivity index (χ1n) is 11.1. The van der Waals surface area contributed by atoms with Crippen molar-refractivity contribution < 1.29 is 23.7 Å². The standard InChI is InChI=1S/C27H29NO5/c1-4-19-5-9-22(10-6-19)27(29)28(17-21-8-12-24-26(16-21)33-18-32-24)14-13-20-7-11-23(30-2)25(15-20)31-3/h5-12,15-16H,4,13-14,17-18H2,1-3H3. The second-order valence-electron chi connectivity index (χ2n) is 7.90. The molecule has 3 aromatic carbocycles. The van der Waals surface area contributed by atoms with Gasteiger partial charge in [-0.3, -0.25) is 4.79 Å². The molecule has 0 saturated carbocycles. The van der Waals surface area contributed by atoms with Crippen LogP contribution in [0.2, 0.25) is 0 Å². The van der Waals surface area contributed by atoms with E-state index in [1.165, 1.54) is 5.56 Å². The third-order valence-electron chi connectivity index (χ3n) is 5.83. The number of benzene rings is 3. The maximum atomic E-state index is 13.5. The van der Waals surface area contributed by atoms with Gasteiger partial charge in [-0.2, -0.15) is 0 Å². The van der Waals surface area contributed by atoms with Gasteiger partial charge in [0.25, 0.3) is 5.91 Å². The van der Waals surface area contributed by atoms with Gasteiger partial charge in [-0.25, -0.2) is 0 Å². The molecule has 0 N–H and O–H groups in total. The van der Waals surface area contributed by atoms with Crippen LogP contribution >= 0.6 is 0 Å². The molecule has 0 aliphatic carbocycles. The van der Waals surface area contributed by atoms with Gasteiger partial charge < -0.3 is 23.8 Å². The Bertz CT molecular complexity index is 1110. The zero-order chi connectivity index (χ0) is 23.2. The fourth-order valence-electron chi connectivity index (χ4n) is 3.88. The Morgan fingerprint density at radius 2 is 1.55 bits per heavy atom. The van der Waals surface area contributed by atoms with Gasteiger partial charge in [-0.1, -0.05) is 31.2 Å². The van der Waals surface area contributed by atoms with Crippen LogP contribution < -0.4 is 18.9 Å². The van der Waals surface area contributed by atoms with Crippen molar-refractivity contribution in [3.63, 3.8) is 0 Å². The van der Waals surface area contributed by atoms with Gasteiger partial charge in [0, 0.05) is 18.7 Å². The topological polar surface area (TPSA) is 57.2 Å². The van der Waals surface area contributed by atoms with E-state index in [1.807, 2.05) is 65.6 Å². The Labute approximate surface area is 194 Å². The average Bonchev–Trinajstić information content (AvgIpc) is 3.34. The lowest BCUT2D eigenvalue weighted by Crippen LogP contribution is -2.32. The average molecular weight is 448 g/mol. The highest BCUT2D eigenvalue weighted by Gasteiger charge is 2.19. The summed E-state index contributed by atoms with van der Waals surface area (Å²) in [5.41, 5.74) is 3.95. The fourth-order valence-corrected chi connectivity index (χ4v) is 3.88. The van der Waals surface area contributed by atoms with Crippen LogP contribution in [0.4, 0.5) is 0 Å². The second-order valence-corrected chi connectivity index (χ2v) is 7.90. The minimum Gasteiger partial charge on any atom is -0.493 e. The van der Waals surface area contributed by atoms with Crippen LogP contribution in [-0.4, -0.2) is 38.4 Å². The van der Waals surface area contributed by atoms with Crippen LogP contribution in [0.3, 0.4) is 0 Å². The van der Waals surface area contributed by atoms with Crippen molar-refractivity contribution in [3.05, 3.63) is 82.9 Å². The number of amides is 1. The predicted molar refractivity (Wildman–Crippen MR) is 126 cm³/mol. The largest absolute Gasteiger partial charge is 0.493 e. The highest BCUT2D eigenvalue weighted by Crippen LogP contribution is 2.33. The first-order valence-corrected chi connectivity index (χ1v) is 11.1. The van der Waals surface area contributed by atoms with Crippen LogP contribution in [0.25, 0.3) is 0 Å². The third-order valence-corrected chi connectivity index (χ3v) is 5.83.